The molecule has 1 aromatic rings. The van der Waals surface area contributed by atoms with Crippen LogP contribution in [0.25, 0.3) is 0 Å². The van der Waals surface area contributed by atoms with Crippen molar-refractivity contribution >= 4 is 11.8 Å². The summed E-state index contributed by atoms with van der Waals surface area (Å²) in [4.78, 5) is 22.3. The number of hydrogen-bond acceptors (Lipinski definition) is 2. The van der Waals surface area contributed by atoms with Crippen LogP contribution in [0.3, 0.4) is 0 Å². The van der Waals surface area contributed by atoms with Gasteiger partial charge in [0.1, 0.15) is 0 Å². The Hall–Kier alpha value is -1.64. The zero-order valence-electron chi connectivity index (χ0n) is 8.86. The number of carboxylic acid groups (broad SMARTS) is 1. The smallest absolute Gasteiger partial charge is 0.335 e. The fourth-order valence-corrected chi connectivity index (χ4v) is 1.25. The molecule has 0 saturated heterocycles. The fourth-order valence-electron chi connectivity index (χ4n) is 1.25. The monoisotopic (exact) mass is 206 g/mol. The largest absolute Gasteiger partial charge is 0.478 e. The number of Topliss-reactive ketones (excluding diaryl/α,β-unsaturated/α-hetero) is 1. The van der Waals surface area contributed by atoms with E-state index < -0.39 is 5.97 Å². The second kappa shape index (κ2) is 4.73. The molecule has 0 fully saturated rings. The number of carbonyl (C=O) groups is 2. The summed E-state index contributed by atoms with van der Waals surface area (Å²) >= 11 is 0. The van der Waals surface area contributed by atoms with E-state index in [0.29, 0.717) is 5.56 Å². The molecule has 0 radical (unpaired) electrons. The maximum atomic E-state index is 11.7. The minimum absolute atomic E-state index is 0.0133. The Morgan fingerprint density at radius 2 is 1.67 bits per heavy atom. The van der Waals surface area contributed by atoms with Crippen LogP contribution in [0.5, 0.6) is 0 Å². The Labute approximate surface area is 88.7 Å². The number of ketones is 1. The highest BCUT2D eigenvalue weighted by molar-refractivity contribution is 5.98. The molecule has 15 heavy (non-hydrogen) atoms. The molecule has 1 rings (SSSR count). The molecular weight excluding hydrogens is 192 g/mol. The van der Waals surface area contributed by atoms with Gasteiger partial charge in [0.05, 0.1) is 5.56 Å². The van der Waals surface area contributed by atoms with Gasteiger partial charge < -0.3 is 5.11 Å². The minimum Gasteiger partial charge on any atom is -0.478 e. The highest BCUT2D eigenvalue weighted by atomic mass is 16.4. The van der Waals surface area contributed by atoms with E-state index in [1.807, 2.05) is 13.8 Å². The van der Waals surface area contributed by atoms with E-state index in [2.05, 4.69) is 0 Å². The summed E-state index contributed by atoms with van der Waals surface area (Å²) in [5.41, 5.74) is 0.782. The molecule has 80 valence electrons. The Morgan fingerprint density at radius 1 is 1.20 bits per heavy atom. The first kappa shape index (κ1) is 11.4. The maximum Gasteiger partial charge on any atom is 0.335 e. The molecule has 3 heteroatoms. The summed E-state index contributed by atoms with van der Waals surface area (Å²) in [6.07, 6.45) is 0.791. The first-order valence-electron chi connectivity index (χ1n) is 4.93. The predicted octanol–water partition coefficient (Wildman–Crippen LogP) is 2.61. The Kier molecular flexibility index (Phi) is 3.61. The minimum atomic E-state index is -0.975. The van der Waals surface area contributed by atoms with Crippen LogP contribution in [0, 0.1) is 5.92 Å². The molecule has 0 bridgehead atoms. The highest BCUT2D eigenvalue weighted by Crippen LogP contribution is 2.12. The lowest BCUT2D eigenvalue weighted by molar-refractivity contribution is 0.0696. The van der Waals surface area contributed by atoms with Gasteiger partial charge in [-0.1, -0.05) is 26.0 Å². The molecule has 0 saturated carbocycles. The molecule has 1 aromatic carbocycles. The fraction of sp³-hybridized carbons (Fsp3) is 0.333. The second-order valence-corrected chi connectivity index (χ2v) is 3.56. The molecule has 0 heterocycles. The molecule has 1 atom stereocenters. The van der Waals surface area contributed by atoms with Gasteiger partial charge in [0.2, 0.25) is 0 Å². The summed E-state index contributed by atoms with van der Waals surface area (Å²) in [6, 6.07) is 6.05. The van der Waals surface area contributed by atoms with Crippen molar-refractivity contribution in [3.05, 3.63) is 35.4 Å². The topological polar surface area (TPSA) is 54.4 Å². The van der Waals surface area contributed by atoms with Crippen molar-refractivity contribution in [2.75, 3.05) is 0 Å². The zero-order chi connectivity index (χ0) is 11.4. The van der Waals surface area contributed by atoms with E-state index in [1.54, 1.807) is 12.1 Å². The van der Waals surface area contributed by atoms with Crippen LogP contribution in [0.15, 0.2) is 24.3 Å². The number of aromatic carboxylic acids is 1. The van der Waals surface area contributed by atoms with Crippen molar-refractivity contribution in [1.82, 2.24) is 0 Å². The Balaban J connectivity index is 2.89. The standard InChI is InChI=1S/C12H14O3/c1-3-8(2)11(13)9-4-6-10(7-5-9)12(14)15/h4-8H,3H2,1-2H3,(H,14,15). The summed E-state index contributed by atoms with van der Waals surface area (Å²) in [5, 5.41) is 8.68. The van der Waals surface area contributed by atoms with Crippen LogP contribution in [-0.2, 0) is 0 Å². The van der Waals surface area contributed by atoms with Crippen molar-refractivity contribution < 1.29 is 14.7 Å². The third kappa shape index (κ3) is 2.65. The number of hydrogen-bond donors (Lipinski definition) is 1. The van der Waals surface area contributed by atoms with Gasteiger partial charge in [-0.15, -0.1) is 0 Å². The third-order valence-electron chi connectivity index (χ3n) is 2.48. The molecule has 0 aromatic heterocycles. The lowest BCUT2D eigenvalue weighted by Crippen LogP contribution is -2.10. The van der Waals surface area contributed by atoms with Gasteiger partial charge >= 0.3 is 5.97 Å². The van der Waals surface area contributed by atoms with Crippen LogP contribution in [0.2, 0.25) is 0 Å². The van der Waals surface area contributed by atoms with Crippen molar-refractivity contribution in [1.29, 1.82) is 0 Å². The van der Waals surface area contributed by atoms with Gasteiger partial charge in [-0.3, -0.25) is 4.79 Å². The van der Waals surface area contributed by atoms with Crippen LogP contribution >= 0.6 is 0 Å². The first-order valence-corrected chi connectivity index (χ1v) is 4.93. The van der Waals surface area contributed by atoms with Crippen molar-refractivity contribution in [3.8, 4) is 0 Å². The van der Waals surface area contributed by atoms with Crippen molar-refractivity contribution in [3.63, 3.8) is 0 Å². The van der Waals surface area contributed by atoms with E-state index in [0.717, 1.165) is 6.42 Å². The van der Waals surface area contributed by atoms with Crippen molar-refractivity contribution in [2.24, 2.45) is 5.92 Å². The quantitative estimate of drug-likeness (QED) is 0.770. The molecule has 0 aliphatic rings. The number of carboxylic acids is 1. The molecule has 0 aliphatic heterocycles. The Bertz CT molecular complexity index is 365. The lowest BCUT2D eigenvalue weighted by atomic mass is 9.96. The lowest BCUT2D eigenvalue weighted by Gasteiger charge is -2.07. The van der Waals surface area contributed by atoms with E-state index in [9.17, 15) is 9.59 Å². The summed E-state index contributed by atoms with van der Waals surface area (Å²) < 4.78 is 0. The molecular formula is C12H14O3. The van der Waals surface area contributed by atoms with E-state index >= 15 is 0 Å². The normalized spacial score (nSPS) is 12.1. The van der Waals surface area contributed by atoms with Gasteiger partial charge in [-0.25, -0.2) is 4.79 Å². The summed E-state index contributed by atoms with van der Waals surface area (Å²) in [7, 11) is 0. The second-order valence-electron chi connectivity index (χ2n) is 3.56. The van der Waals surface area contributed by atoms with E-state index in [1.165, 1.54) is 12.1 Å². The third-order valence-corrected chi connectivity index (χ3v) is 2.48. The molecule has 1 N–H and O–H groups in total. The van der Waals surface area contributed by atoms with E-state index in [-0.39, 0.29) is 17.3 Å². The Morgan fingerprint density at radius 3 is 2.07 bits per heavy atom. The molecule has 0 spiro atoms. The average molecular weight is 206 g/mol. The number of carbonyl (C=O) groups excluding carboxylic acids is 1. The van der Waals surface area contributed by atoms with Crippen LogP contribution in [-0.4, -0.2) is 16.9 Å². The van der Waals surface area contributed by atoms with Gasteiger partial charge in [0.25, 0.3) is 0 Å². The number of rotatable bonds is 4. The predicted molar refractivity (Wildman–Crippen MR) is 57.2 cm³/mol. The van der Waals surface area contributed by atoms with Crippen LogP contribution < -0.4 is 0 Å². The molecule has 0 aliphatic carbocycles. The molecule has 3 nitrogen and oxygen atoms in total. The van der Waals surface area contributed by atoms with E-state index in [4.69, 9.17) is 5.11 Å². The van der Waals surface area contributed by atoms with Crippen LogP contribution in [0.1, 0.15) is 41.0 Å². The first-order chi connectivity index (χ1) is 7.06. The molecule has 0 amide bonds. The maximum absolute atomic E-state index is 11.7. The van der Waals surface area contributed by atoms with Gasteiger partial charge in [0, 0.05) is 11.5 Å². The summed E-state index contributed by atoms with van der Waals surface area (Å²) in [5.74, 6) is -0.923. The summed E-state index contributed by atoms with van der Waals surface area (Å²) in [6.45, 7) is 3.82. The highest BCUT2D eigenvalue weighted by Gasteiger charge is 2.13. The average Bonchev–Trinajstić information content (AvgIpc) is 2.27. The zero-order valence-corrected chi connectivity index (χ0v) is 8.86. The van der Waals surface area contributed by atoms with Gasteiger partial charge in [0.15, 0.2) is 5.78 Å². The van der Waals surface area contributed by atoms with Gasteiger partial charge in [-0.2, -0.15) is 0 Å². The van der Waals surface area contributed by atoms with Crippen LogP contribution in [0.4, 0.5) is 0 Å². The van der Waals surface area contributed by atoms with Crippen molar-refractivity contribution in [2.45, 2.75) is 20.3 Å². The van der Waals surface area contributed by atoms with Gasteiger partial charge in [-0.05, 0) is 18.6 Å². The number of benzene rings is 1. The SMILES string of the molecule is CCC(C)C(=O)c1ccc(C(=O)O)cc1. The molecule has 1 unspecified atom stereocenters.